The minimum atomic E-state index is -1.05. The average Bonchev–Trinajstić information content (AvgIpc) is 3.15. The van der Waals surface area contributed by atoms with E-state index in [2.05, 4.69) is 5.32 Å². The van der Waals surface area contributed by atoms with Gasteiger partial charge in [0.05, 0.1) is 29.4 Å². The lowest BCUT2D eigenvalue weighted by molar-refractivity contribution is -0.384. The van der Waals surface area contributed by atoms with E-state index in [-0.39, 0.29) is 17.1 Å². The van der Waals surface area contributed by atoms with Crippen molar-refractivity contribution in [3.05, 3.63) is 63.2 Å². The quantitative estimate of drug-likeness (QED) is 0.465. The Morgan fingerprint density at radius 1 is 1.14 bits per heavy atom. The fraction of sp³-hybridized carbons (Fsp3) is 0.300. The number of hydrogen-bond donors (Lipinski definition) is 1. The van der Waals surface area contributed by atoms with Crippen LogP contribution >= 0.6 is 0 Å². The van der Waals surface area contributed by atoms with E-state index in [1.165, 1.54) is 37.8 Å². The summed E-state index contributed by atoms with van der Waals surface area (Å²) in [6.07, 6.45) is 1.97. The fourth-order valence-corrected chi connectivity index (χ4v) is 3.11. The number of nitrogens with one attached hydrogen (secondary N) is 1. The van der Waals surface area contributed by atoms with Crippen LogP contribution < -0.4 is 10.1 Å². The molecule has 0 spiro atoms. The van der Waals surface area contributed by atoms with Gasteiger partial charge in [0.2, 0.25) is 0 Å². The second kappa shape index (κ2) is 8.08. The normalized spacial score (nSPS) is 13.4. The zero-order valence-electron chi connectivity index (χ0n) is 15.6. The van der Waals surface area contributed by atoms with Gasteiger partial charge >= 0.3 is 5.97 Å². The van der Waals surface area contributed by atoms with E-state index in [1.54, 1.807) is 6.07 Å². The Bertz CT molecular complexity index is 940. The number of nitro benzene ring substituents is 1. The summed E-state index contributed by atoms with van der Waals surface area (Å²) in [6.45, 7) is 1.46. The van der Waals surface area contributed by atoms with Crippen LogP contribution in [0.3, 0.4) is 0 Å². The number of esters is 1. The standard InChI is InChI=1S/C20H20N2O6/c1-12(28-20(24)15-7-6-13-4-3-5-14(13)10-15)19(23)21-17-9-8-16(22(25)26)11-18(17)27-2/h6-12H,3-5H2,1-2H3,(H,21,23)/t12-/m0/s1. The van der Waals surface area contributed by atoms with Gasteiger partial charge in [-0.15, -0.1) is 0 Å². The molecule has 1 aliphatic rings. The Hall–Kier alpha value is -3.42. The molecule has 0 saturated heterocycles. The van der Waals surface area contributed by atoms with E-state index < -0.39 is 22.9 Å². The maximum absolute atomic E-state index is 12.4. The fourth-order valence-electron chi connectivity index (χ4n) is 3.11. The summed E-state index contributed by atoms with van der Waals surface area (Å²) in [7, 11) is 1.34. The van der Waals surface area contributed by atoms with Gasteiger partial charge in [-0.3, -0.25) is 14.9 Å². The molecule has 0 unspecified atom stereocenters. The summed E-state index contributed by atoms with van der Waals surface area (Å²) in [5.74, 6) is -1.01. The SMILES string of the molecule is COc1cc([N+](=O)[O-])ccc1NC(=O)[C@H](C)OC(=O)c1ccc2c(c1)CCC2. The van der Waals surface area contributed by atoms with Crippen LogP contribution in [0.4, 0.5) is 11.4 Å². The van der Waals surface area contributed by atoms with Crippen LogP contribution in [0.15, 0.2) is 36.4 Å². The maximum atomic E-state index is 12.4. The molecule has 146 valence electrons. The predicted octanol–water partition coefficient (Wildman–Crippen LogP) is 3.28. The van der Waals surface area contributed by atoms with Gasteiger partial charge in [0.1, 0.15) is 5.75 Å². The number of ether oxygens (including phenoxy) is 2. The van der Waals surface area contributed by atoms with Crippen molar-refractivity contribution in [2.45, 2.75) is 32.3 Å². The van der Waals surface area contributed by atoms with Crippen molar-refractivity contribution in [3.63, 3.8) is 0 Å². The Kier molecular flexibility index (Phi) is 5.58. The largest absolute Gasteiger partial charge is 0.494 e. The van der Waals surface area contributed by atoms with Crippen LogP contribution in [0, 0.1) is 10.1 Å². The number of benzene rings is 2. The number of hydrogen-bond acceptors (Lipinski definition) is 6. The first kappa shape index (κ1) is 19.3. The lowest BCUT2D eigenvalue weighted by Gasteiger charge is -2.15. The van der Waals surface area contributed by atoms with Gasteiger partial charge in [0.15, 0.2) is 6.10 Å². The molecular formula is C20H20N2O6. The third-order valence-corrected chi connectivity index (χ3v) is 4.64. The maximum Gasteiger partial charge on any atom is 0.338 e. The Balaban J connectivity index is 1.66. The number of methoxy groups -OCH3 is 1. The summed E-state index contributed by atoms with van der Waals surface area (Å²) >= 11 is 0. The lowest BCUT2D eigenvalue weighted by atomic mass is 10.1. The van der Waals surface area contributed by atoms with Crippen molar-refractivity contribution in [1.29, 1.82) is 0 Å². The van der Waals surface area contributed by atoms with Gasteiger partial charge in [-0.05, 0) is 55.5 Å². The first-order valence-electron chi connectivity index (χ1n) is 8.85. The predicted molar refractivity (Wildman–Crippen MR) is 102 cm³/mol. The molecule has 2 aromatic rings. The van der Waals surface area contributed by atoms with Gasteiger partial charge in [0, 0.05) is 6.07 Å². The summed E-state index contributed by atoms with van der Waals surface area (Å²) in [4.78, 5) is 35.0. The van der Waals surface area contributed by atoms with Crippen LogP contribution in [-0.4, -0.2) is 30.0 Å². The summed E-state index contributed by atoms with van der Waals surface area (Å²) in [5.41, 5.74) is 2.88. The molecule has 1 N–H and O–H groups in total. The van der Waals surface area contributed by atoms with Gasteiger partial charge in [-0.1, -0.05) is 6.07 Å². The number of nitrogens with zero attached hydrogens (tertiary/aromatic N) is 1. The third-order valence-electron chi connectivity index (χ3n) is 4.64. The van der Waals surface area contributed by atoms with Crippen LogP contribution in [0.25, 0.3) is 0 Å². The van der Waals surface area contributed by atoms with Crippen molar-refractivity contribution in [1.82, 2.24) is 0 Å². The average molecular weight is 384 g/mol. The Morgan fingerprint density at radius 2 is 1.89 bits per heavy atom. The van der Waals surface area contributed by atoms with Gasteiger partial charge in [-0.2, -0.15) is 0 Å². The minimum Gasteiger partial charge on any atom is -0.494 e. The number of nitro groups is 1. The second-order valence-corrected chi connectivity index (χ2v) is 6.52. The van der Waals surface area contributed by atoms with E-state index in [9.17, 15) is 19.7 Å². The highest BCUT2D eigenvalue weighted by Gasteiger charge is 2.22. The first-order valence-corrected chi connectivity index (χ1v) is 8.85. The van der Waals surface area contributed by atoms with E-state index in [4.69, 9.17) is 9.47 Å². The molecule has 0 aromatic heterocycles. The number of non-ortho nitro benzene ring substituents is 1. The molecule has 1 atom stereocenters. The van der Waals surface area contributed by atoms with Crippen LogP contribution in [-0.2, 0) is 22.4 Å². The van der Waals surface area contributed by atoms with Gasteiger partial charge in [0.25, 0.3) is 11.6 Å². The molecule has 0 fully saturated rings. The molecule has 0 saturated carbocycles. The summed E-state index contributed by atoms with van der Waals surface area (Å²) in [5, 5.41) is 13.4. The summed E-state index contributed by atoms with van der Waals surface area (Å²) < 4.78 is 10.3. The Morgan fingerprint density at radius 3 is 2.61 bits per heavy atom. The van der Waals surface area contributed by atoms with Crippen molar-refractivity contribution in [2.24, 2.45) is 0 Å². The third kappa shape index (κ3) is 4.11. The molecule has 0 radical (unpaired) electrons. The lowest BCUT2D eigenvalue weighted by Crippen LogP contribution is -2.30. The molecule has 1 aliphatic carbocycles. The van der Waals surface area contributed by atoms with Crippen molar-refractivity contribution in [3.8, 4) is 5.75 Å². The second-order valence-electron chi connectivity index (χ2n) is 6.52. The number of carbonyl (C=O) groups excluding carboxylic acids is 2. The zero-order valence-corrected chi connectivity index (χ0v) is 15.6. The van der Waals surface area contributed by atoms with Crippen molar-refractivity contribution >= 4 is 23.3 Å². The van der Waals surface area contributed by atoms with E-state index in [0.29, 0.717) is 5.56 Å². The van der Waals surface area contributed by atoms with Crippen molar-refractivity contribution in [2.75, 3.05) is 12.4 Å². The molecule has 8 nitrogen and oxygen atoms in total. The molecule has 8 heteroatoms. The Labute approximate surface area is 161 Å². The first-order chi connectivity index (χ1) is 13.4. The highest BCUT2D eigenvalue weighted by molar-refractivity contribution is 5.98. The highest BCUT2D eigenvalue weighted by Crippen LogP contribution is 2.29. The van der Waals surface area contributed by atoms with E-state index >= 15 is 0 Å². The molecule has 0 aliphatic heterocycles. The highest BCUT2D eigenvalue weighted by atomic mass is 16.6. The number of rotatable bonds is 6. The molecule has 0 bridgehead atoms. The van der Waals surface area contributed by atoms with Crippen LogP contribution in [0.5, 0.6) is 5.75 Å². The van der Waals surface area contributed by atoms with Crippen LogP contribution in [0.2, 0.25) is 0 Å². The molecule has 0 heterocycles. The number of fused-ring (bicyclic) bond motifs is 1. The van der Waals surface area contributed by atoms with Gasteiger partial charge in [-0.25, -0.2) is 4.79 Å². The minimum absolute atomic E-state index is 0.139. The smallest absolute Gasteiger partial charge is 0.338 e. The number of anilines is 1. The monoisotopic (exact) mass is 384 g/mol. The molecule has 28 heavy (non-hydrogen) atoms. The van der Waals surface area contributed by atoms with Crippen molar-refractivity contribution < 1.29 is 24.0 Å². The van der Waals surface area contributed by atoms with Crippen LogP contribution in [0.1, 0.15) is 34.8 Å². The van der Waals surface area contributed by atoms with E-state index in [1.807, 2.05) is 12.1 Å². The number of amides is 1. The van der Waals surface area contributed by atoms with E-state index in [0.717, 1.165) is 24.8 Å². The topological polar surface area (TPSA) is 108 Å². The van der Waals surface area contributed by atoms with Gasteiger partial charge < -0.3 is 14.8 Å². The molecular weight excluding hydrogens is 364 g/mol. The molecule has 1 amide bonds. The molecule has 3 rings (SSSR count). The zero-order chi connectivity index (χ0) is 20.3. The number of aryl methyl sites for hydroxylation is 2. The number of carbonyl (C=O) groups is 2. The molecule has 2 aromatic carbocycles. The summed E-state index contributed by atoms with van der Waals surface area (Å²) in [6, 6.07) is 9.26.